The summed E-state index contributed by atoms with van der Waals surface area (Å²) in [6, 6.07) is 18.2. The molecule has 0 aliphatic heterocycles. The lowest BCUT2D eigenvalue weighted by molar-refractivity contribution is 0.415. The molecule has 0 aliphatic rings. The maximum atomic E-state index is 12.2. The highest BCUT2D eigenvalue weighted by Gasteiger charge is 2.24. The van der Waals surface area contributed by atoms with Crippen LogP contribution in [0.2, 0.25) is 51.4 Å². The first-order valence-electron chi connectivity index (χ1n) is 10.0. The topological polar surface area (TPSA) is 35.5 Å². The molecular formula is C22H34O3PSi2+. The average molecular weight is 434 g/mol. The standard InChI is InChI=1S/C22H34O3PSi2/c1-27(2,3)17-15-19-7-11-21(12-8-19)24-26(23)25-22-13-9-20(10-14-22)16-18-28(4,5)6/h7-14H,15-18H2,1-6H3/q+1. The summed E-state index contributed by atoms with van der Waals surface area (Å²) < 4.78 is 23.1. The molecule has 0 heterocycles. The summed E-state index contributed by atoms with van der Waals surface area (Å²) >= 11 is 0. The van der Waals surface area contributed by atoms with Crippen LogP contribution in [0.25, 0.3) is 0 Å². The van der Waals surface area contributed by atoms with Crippen molar-refractivity contribution in [2.45, 2.75) is 64.2 Å². The number of rotatable bonds is 10. The molecule has 6 heteroatoms. The van der Waals surface area contributed by atoms with Gasteiger partial charge in [0.05, 0.1) is 0 Å². The van der Waals surface area contributed by atoms with Gasteiger partial charge in [-0.2, -0.15) is 0 Å². The van der Waals surface area contributed by atoms with Gasteiger partial charge in [-0.05, 0) is 48.2 Å². The van der Waals surface area contributed by atoms with Crippen LogP contribution in [-0.4, -0.2) is 16.1 Å². The van der Waals surface area contributed by atoms with Crippen molar-refractivity contribution in [2.75, 3.05) is 0 Å². The predicted molar refractivity (Wildman–Crippen MR) is 125 cm³/mol. The van der Waals surface area contributed by atoms with Gasteiger partial charge < -0.3 is 0 Å². The molecule has 0 fully saturated rings. The molecular weight excluding hydrogens is 399 g/mol. The van der Waals surface area contributed by atoms with Crippen molar-refractivity contribution in [2.24, 2.45) is 0 Å². The van der Waals surface area contributed by atoms with Crippen LogP contribution in [0.1, 0.15) is 11.1 Å². The lowest BCUT2D eigenvalue weighted by Crippen LogP contribution is -2.19. The van der Waals surface area contributed by atoms with Gasteiger partial charge in [0.15, 0.2) is 11.5 Å². The van der Waals surface area contributed by atoms with E-state index in [1.807, 2.05) is 48.5 Å². The molecule has 0 atom stereocenters. The van der Waals surface area contributed by atoms with Crippen molar-refractivity contribution < 1.29 is 13.6 Å². The fraction of sp³-hybridized carbons (Fsp3) is 0.455. The Morgan fingerprint density at radius 3 is 1.25 bits per heavy atom. The van der Waals surface area contributed by atoms with Gasteiger partial charge in [0.1, 0.15) is 0 Å². The fourth-order valence-electron chi connectivity index (χ4n) is 2.66. The molecule has 0 saturated carbocycles. The van der Waals surface area contributed by atoms with E-state index < -0.39 is 24.4 Å². The molecule has 0 bridgehead atoms. The van der Waals surface area contributed by atoms with Crippen LogP contribution in [0.5, 0.6) is 11.5 Å². The van der Waals surface area contributed by atoms with E-state index in [0.29, 0.717) is 11.5 Å². The van der Waals surface area contributed by atoms with E-state index in [1.54, 1.807) is 0 Å². The second-order valence-corrected chi connectivity index (χ2v) is 21.9. The third-order valence-corrected chi connectivity index (χ3v) is 8.75. The summed E-state index contributed by atoms with van der Waals surface area (Å²) in [5.41, 5.74) is 2.58. The third kappa shape index (κ3) is 9.18. The normalized spacial score (nSPS) is 11.9. The first-order chi connectivity index (χ1) is 13.0. The highest BCUT2D eigenvalue weighted by atomic mass is 31.1. The molecule has 152 valence electrons. The lowest BCUT2D eigenvalue weighted by Gasteiger charge is -2.15. The van der Waals surface area contributed by atoms with E-state index in [2.05, 4.69) is 39.3 Å². The fourth-order valence-corrected chi connectivity index (χ4v) is 5.37. The van der Waals surface area contributed by atoms with Gasteiger partial charge in [-0.1, -0.05) is 75.6 Å². The number of benzene rings is 2. The minimum atomic E-state index is -2.24. The average Bonchev–Trinajstić information content (AvgIpc) is 2.59. The third-order valence-electron chi connectivity index (χ3n) is 4.53. The molecule has 2 rings (SSSR count). The first kappa shape index (κ1) is 22.9. The summed E-state index contributed by atoms with van der Waals surface area (Å²) in [6.45, 7) is 14.3. The SMILES string of the molecule is C[Si](C)(C)CCc1ccc(O[P+](=O)Oc2ccc(CC[Si](C)(C)C)cc2)cc1. The Morgan fingerprint density at radius 1 is 0.643 bits per heavy atom. The summed E-state index contributed by atoms with van der Waals surface area (Å²) in [6.07, 6.45) is 2.17. The van der Waals surface area contributed by atoms with Crippen LogP contribution in [0, 0.1) is 0 Å². The Hall–Kier alpha value is -1.43. The molecule has 0 aliphatic carbocycles. The van der Waals surface area contributed by atoms with Gasteiger partial charge in [0, 0.05) is 20.7 Å². The van der Waals surface area contributed by atoms with Crippen LogP contribution in [0.4, 0.5) is 0 Å². The van der Waals surface area contributed by atoms with Crippen LogP contribution >= 0.6 is 8.25 Å². The summed E-state index contributed by atoms with van der Waals surface area (Å²) in [7, 11) is -4.32. The van der Waals surface area contributed by atoms with Gasteiger partial charge in [0.25, 0.3) is 0 Å². The molecule has 28 heavy (non-hydrogen) atoms. The monoisotopic (exact) mass is 433 g/mol. The van der Waals surface area contributed by atoms with Crippen molar-refractivity contribution in [3.8, 4) is 11.5 Å². The molecule has 2 aromatic rings. The van der Waals surface area contributed by atoms with E-state index in [-0.39, 0.29) is 0 Å². The highest BCUT2D eigenvalue weighted by Crippen LogP contribution is 2.31. The Labute approximate surface area is 173 Å². The summed E-state index contributed by atoms with van der Waals surface area (Å²) in [4.78, 5) is 0. The number of aryl methyl sites for hydroxylation is 2. The van der Waals surface area contributed by atoms with E-state index in [0.717, 1.165) is 12.8 Å². The maximum Gasteiger partial charge on any atom is 0.805 e. The Kier molecular flexibility index (Phi) is 8.05. The largest absolute Gasteiger partial charge is 0.805 e. The van der Waals surface area contributed by atoms with Gasteiger partial charge in [-0.15, -0.1) is 0 Å². The molecule has 3 nitrogen and oxygen atoms in total. The second-order valence-electron chi connectivity index (χ2n) is 9.82. The number of hydrogen-bond acceptors (Lipinski definition) is 3. The molecule has 0 radical (unpaired) electrons. The van der Waals surface area contributed by atoms with Gasteiger partial charge in [0.2, 0.25) is 0 Å². The molecule has 0 amide bonds. The van der Waals surface area contributed by atoms with Crippen LogP contribution < -0.4 is 9.05 Å². The molecule has 2 aromatic carbocycles. The van der Waals surface area contributed by atoms with Crippen molar-refractivity contribution in [3.05, 3.63) is 59.7 Å². The van der Waals surface area contributed by atoms with Crippen LogP contribution in [0.3, 0.4) is 0 Å². The van der Waals surface area contributed by atoms with Crippen LogP contribution in [-0.2, 0) is 17.4 Å². The van der Waals surface area contributed by atoms with Crippen molar-refractivity contribution in [1.29, 1.82) is 0 Å². The molecule has 0 N–H and O–H groups in total. The summed E-state index contributed by atoms with van der Waals surface area (Å²) in [5.74, 6) is 1.15. The predicted octanol–water partition coefficient (Wildman–Crippen LogP) is 7.56. The zero-order valence-electron chi connectivity index (χ0n) is 18.1. The minimum absolute atomic E-state index is 0.574. The first-order valence-corrected chi connectivity index (χ1v) is 18.5. The van der Waals surface area contributed by atoms with Crippen molar-refractivity contribution >= 4 is 24.4 Å². The molecule has 0 unspecified atom stereocenters. The second kappa shape index (κ2) is 9.86. The van der Waals surface area contributed by atoms with E-state index in [1.165, 1.54) is 23.2 Å². The Morgan fingerprint density at radius 2 is 0.964 bits per heavy atom. The quantitative estimate of drug-likeness (QED) is 0.286. The molecule has 0 saturated heterocycles. The van der Waals surface area contributed by atoms with Gasteiger partial charge in [-0.3, -0.25) is 0 Å². The van der Waals surface area contributed by atoms with E-state index >= 15 is 0 Å². The molecule has 0 aromatic heterocycles. The van der Waals surface area contributed by atoms with Gasteiger partial charge in [-0.25, -0.2) is 9.05 Å². The number of hydrogen-bond donors (Lipinski definition) is 0. The van der Waals surface area contributed by atoms with Gasteiger partial charge >= 0.3 is 8.25 Å². The maximum absolute atomic E-state index is 12.2. The van der Waals surface area contributed by atoms with E-state index in [9.17, 15) is 4.57 Å². The summed E-state index contributed by atoms with van der Waals surface area (Å²) in [5, 5.41) is 0. The Bertz CT molecular complexity index is 695. The lowest BCUT2D eigenvalue weighted by atomic mass is 10.2. The smallest absolute Gasteiger partial charge is 0.222 e. The van der Waals surface area contributed by atoms with Crippen molar-refractivity contribution in [3.63, 3.8) is 0 Å². The zero-order chi connectivity index (χ0) is 20.8. The Balaban J connectivity index is 1.83. The van der Waals surface area contributed by atoms with Crippen LogP contribution in [0.15, 0.2) is 48.5 Å². The van der Waals surface area contributed by atoms with E-state index in [4.69, 9.17) is 9.05 Å². The highest BCUT2D eigenvalue weighted by molar-refractivity contribution is 7.34. The molecule has 0 spiro atoms. The minimum Gasteiger partial charge on any atom is -0.222 e. The zero-order valence-corrected chi connectivity index (χ0v) is 21.0. The van der Waals surface area contributed by atoms with Crippen molar-refractivity contribution in [1.82, 2.24) is 0 Å².